The first-order chi connectivity index (χ1) is 13.4. The summed E-state index contributed by atoms with van der Waals surface area (Å²) in [5.41, 5.74) is 0.944. The summed E-state index contributed by atoms with van der Waals surface area (Å²) in [7, 11) is -3.98. The fourth-order valence-corrected chi connectivity index (χ4v) is 4.87. The van der Waals surface area contributed by atoms with Crippen LogP contribution in [0.2, 0.25) is 0 Å². The predicted molar refractivity (Wildman–Crippen MR) is 103 cm³/mol. The SMILES string of the molecule is O=C(c1ccc(F)c(S(=O)(=O)N2CCCC2)c1)N(CCO)Cc1ccccc1. The summed E-state index contributed by atoms with van der Waals surface area (Å²) in [5.74, 6) is -1.34. The van der Waals surface area contributed by atoms with Crippen molar-refractivity contribution in [2.75, 3.05) is 26.2 Å². The van der Waals surface area contributed by atoms with E-state index < -0.39 is 26.6 Å². The zero-order valence-electron chi connectivity index (χ0n) is 15.4. The van der Waals surface area contributed by atoms with Crippen LogP contribution < -0.4 is 0 Å². The number of amides is 1. The van der Waals surface area contributed by atoms with Gasteiger partial charge in [-0.05, 0) is 36.6 Å². The van der Waals surface area contributed by atoms with Gasteiger partial charge in [-0.15, -0.1) is 0 Å². The third-order valence-corrected chi connectivity index (χ3v) is 6.65. The Morgan fingerprint density at radius 2 is 1.79 bits per heavy atom. The van der Waals surface area contributed by atoms with E-state index >= 15 is 0 Å². The summed E-state index contributed by atoms with van der Waals surface area (Å²) in [6.07, 6.45) is 1.47. The molecule has 0 aliphatic carbocycles. The van der Waals surface area contributed by atoms with Gasteiger partial charge in [0.25, 0.3) is 5.91 Å². The normalized spacial score (nSPS) is 14.9. The molecular weight excluding hydrogens is 383 g/mol. The second-order valence-electron chi connectivity index (χ2n) is 6.69. The van der Waals surface area contributed by atoms with Crippen molar-refractivity contribution in [3.63, 3.8) is 0 Å². The first kappa shape index (κ1) is 20.4. The largest absolute Gasteiger partial charge is 0.395 e. The van der Waals surface area contributed by atoms with Gasteiger partial charge >= 0.3 is 0 Å². The zero-order valence-corrected chi connectivity index (χ0v) is 16.2. The van der Waals surface area contributed by atoms with Crippen molar-refractivity contribution in [2.45, 2.75) is 24.3 Å². The van der Waals surface area contributed by atoms with Gasteiger partial charge in [-0.25, -0.2) is 12.8 Å². The molecule has 0 radical (unpaired) electrons. The van der Waals surface area contributed by atoms with E-state index in [1.165, 1.54) is 15.3 Å². The van der Waals surface area contributed by atoms with Crippen molar-refractivity contribution < 1.29 is 22.7 Å². The molecule has 2 aromatic rings. The second-order valence-corrected chi connectivity index (χ2v) is 8.60. The predicted octanol–water partition coefficient (Wildman–Crippen LogP) is 2.24. The van der Waals surface area contributed by atoms with E-state index in [1.54, 1.807) is 0 Å². The van der Waals surface area contributed by atoms with Crippen LogP contribution in [-0.4, -0.2) is 54.9 Å². The van der Waals surface area contributed by atoms with Crippen LogP contribution in [0.5, 0.6) is 0 Å². The van der Waals surface area contributed by atoms with Crippen LogP contribution >= 0.6 is 0 Å². The Morgan fingerprint density at radius 3 is 2.43 bits per heavy atom. The Hall–Kier alpha value is -2.29. The number of hydrogen-bond donors (Lipinski definition) is 1. The molecule has 150 valence electrons. The molecule has 8 heteroatoms. The van der Waals surface area contributed by atoms with Crippen LogP contribution in [0.25, 0.3) is 0 Å². The Balaban J connectivity index is 1.90. The second kappa shape index (κ2) is 8.81. The highest BCUT2D eigenvalue weighted by Gasteiger charge is 2.31. The summed E-state index contributed by atoms with van der Waals surface area (Å²) in [6, 6.07) is 12.6. The fraction of sp³-hybridized carbons (Fsp3) is 0.350. The molecular formula is C20H23FN2O4S. The molecule has 1 heterocycles. The van der Waals surface area contributed by atoms with Gasteiger partial charge in [0.1, 0.15) is 10.7 Å². The van der Waals surface area contributed by atoms with Crippen molar-refractivity contribution in [2.24, 2.45) is 0 Å². The molecule has 2 aromatic carbocycles. The molecule has 28 heavy (non-hydrogen) atoms. The molecule has 3 rings (SSSR count). The maximum atomic E-state index is 14.3. The topological polar surface area (TPSA) is 77.9 Å². The molecule has 0 bridgehead atoms. The molecule has 1 N–H and O–H groups in total. The number of nitrogens with zero attached hydrogens (tertiary/aromatic N) is 2. The number of sulfonamides is 1. The van der Waals surface area contributed by atoms with Crippen molar-refractivity contribution in [3.8, 4) is 0 Å². The molecule has 1 amide bonds. The van der Waals surface area contributed by atoms with Gasteiger partial charge in [0.2, 0.25) is 10.0 Å². The molecule has 1 aliphatic heterocycles. The van der Waals surface area contributed by atoms with Gasteiger partial charge in [0, 0.05) is 31.7 Å². The van der Waals surface area contributed by atoms with Crippen LogP contribution in [0.1, 0.15) is 28.8 Å². The Bertz CT molecular complexity index is 928. The number of rotatable bonds is 7. The molecule has 1 aliphatic rings. The summed E-state index contributed by atoms with van der Waals surface area (Å²) < 4.78 is 41.0. The highest BCUT2D eigenvalue weighted by Crippen LogP contribution is 2.25. The maximum absolute atomic E-state index is 14.3. The Morgan fingerprint density at radius 1 is 1.11 bits per heavy atom. The van der Waals surface area contributed by atoms with Crippen molar-refractivity contribution in [1.82, 2.24) is 9.21 Å². The lowest BCUT2D eigenvalue weighted by atomic mass is 10.1. The van der Waals surface area contributed by atoms with E-state index in [2.05, 4.69) is 0 Å². The van der Waals surface area contributed by atoms with Crippen LogP contribution in [0, 0.1) is 5.82 Å². The van der Waals surface area contributed by atoms with Gasteiger partial charge in [-0.2, -0.15) is 4.31 Å². The third kappa shape index (κ3) is 4.40. The number of aliphatic hydroxyl groups is 1. The van der Waals surface area contributed by atoms with Crippen LogP contribution in [0.15, 0.2) is 53.4 Å². The lowest BCUT2D eigenvalue weighted by molar-refractivity contribution is 0.0707. The molecule has 0 spiro atoms. The average molecular weight is 406 g/mol. The van der Waals surface area contributed by atoms with Gasteiger partial charge in [0.05, 0.1) is 6.61 Å². The maximum Gasteiger partial charge on any atom is 0.254 e. The quantitative estimate of drug-likeness (QED) is 0.765. The lowest BCUT2D eigenvalue weighted by Gasteiger charge is -2.23. The molecule has 1 saturated heterocycles. The highest BCUT2D eigenvalue weighted by atomic mass is 32.2. The summed E-state index contributed by atoms with van der Waals surface area (Å²) in [6.45, 7) is 0.805. The number of carbonyl (C=O) groups is 1. The van der Waals surface area contributed by atoms with Crippen molar-refractivity contribution in [3.05, 3.63) is 65.5 Å². The van der Waals surface area contributed by atoms with E-state index in [-0.39, 0.29) is 25.3 Å². The van der Waals surface area contributed by atoms with E-state index in [0.717, 1.165) is 30.5 Å². The number of aliphatic hydroxyl groups excluding tert-OH is 1. The minimum Gasteiger partial charge on any atom is -0.395 e. The van der Waals surface area contributed by atoms with E-state index in [4.69, 9.17) is 0 Å². The smallest absolute Gasteiger partial charge is 0.254 e. The van der Waals surface area contributed by atoms with E-state index in [1.807, 2.05) is 30.3 Å². The van der Waals surface area contributed by atoms with Gasteiger partial charge in [-0.3, -0.25) is 4.79 Å². The van der Waals surface area contributed by atoms with E-state index in [0.29, 0.717) is 13.1 Å². The number of carbonyl (C=O) groups excluding carboxylic acids is 1. The number of hydrogen-bond acceptors (Lipinski definition) is 4. The molecule has 6 nitrogen and oxygen atoms in total. The summed E-state index contributed by atoms with van der Waals surface area (Å²) in [4.78, 5) is 13.9. The van der Waals surface area contributed by atoms with Crippen LogP contribution in [0.3, 0.4) is 0 Å². The summed E-state index contributed by atoms with van der Waals surface area (Å²) in [5, 5.41) is 9.33. The fourth-order valence-electron chi connectivity index (χ4n) is 3.26. The molecule has 0 unspecified atom stereocenters. The minimum atomic E-state index is -3.98. The third-order valence-electron chi connectivity index (χ3n) is 4.73. The minimum absolute atomic E-state index is 0.0727. The molecule has 0 atom stereocenters. The molecule has 0 saturated carbocycles. The first-order valence-corrected chi connectivity index (χ1v) is 10.6. The monoisotopic (exact) mass is 406 g/mol. The van der Waals surface area contributed by atoms with Gasteiger partial charge < -0.3 is 10.0 Å². The van der Waals surface area contributed by atoms with Gasteiger partial charge in [0.15, 0.2) is 0 Å². The Labute approximate surface area is 164 Å². The van der Waals surface area contributed by atoms with Crippen LogP contribution in [0.4, 0.5) is 4.39 Å². The van der Waals surface area contributed by atoms with Crippen molar-refractivity contribution >= 4 is 15.9 Å². The number of halogens is 1. The lowest BCUT2D eigenvalue weighted by Crippen LogP contribution is -2.33. The van der Waals surface area contributed by atoms with Crippen molar-refractivity contribution in [1.29, 1.82) is 0 Å². The number of benzene rings is 2. The van der Waals surface area contributed by atoms with Crippen LogP contribution in [-0.2, 0) is 16.6 Å². The van der Waals surface area contributed by atoms with E-state index in [9.17, 15) is 22.7 Å². The molecule has 0 aromatic heterocycles. The van der Waals surface area contributed by atoms with Gasteiger partial charge in [-0.1, -0.05) is 30.3 Å². The Kier molecular flexibility index (Phi) is 6.43. The zero-order chi connectivity index (χ0) is 20.1. The highest BCUT2D eigenvalue weighted by molar-refractivity contribution is 7.89. The first-order valence-electron chi connectivity index (χ1n) is 9.17. The molecule has 1 fully saturated rings. The summed E-state index contributed by atoms with van der Waals surface area (Å²) >= 11 is 0. The standard InChI is InChI=1S/C20H23FN2O4S/c21-18-9-8-17(14-19(18)28(26,27)23-10-4-5-11-23)20(25)22(12-13-24)15-16-6-2-1-3-7-16/h1-3,6-9,14,24H,4-5,10-13,15H2. The average Bonchev–Trinajstić information content (AvgIpc) is 3.24.